The van der Waals surface area contributed by atoms with E-state index in [0.29, 0.717) is 25.6 Å². The van der Waals surface area contributed by atoms with Crippen LogP contribution in [0.25, 0.3) is 0 Å². The molecule has 0 radical (unpaired) electrons. The van der Waals surface area contributed by atoms with E-state index in [4.69, 9.17) is 9.15 Å². The highest BCUT2D eigenvalue weighted by molar-refractivity contribution is 9.10. The minimum absolute atomic E-state index is 0.610. The number of anilines is 1. The Bertz CT molecular complexity index is 513. The summed E-state index contributed by atoms with van der Waals surface area (Å²) in [7, 11) is 1.68. The minimum Gasteiger partial charge on any atom is -0.464 e. The molecule has 5 nitrogen and oxygen atoms in total. The van der Waals surface area contributed by atoms with E-state index in [1.807, 2.05) is 24.0 Å². The van der Waals surface area contributed by atoms with Gasteiger partial charge in [-0.2, -0.15) is 0 Å². The van der Waals surface area contributed by atoms with Crippen LogP contribution in [0.3, 0.4) is 0 Å². The predicted molar refractivity (Wildman–Crippen MR) is 76.1 cm³/mol. The van der Waals surface area contributed by atoms with Crippen LogP contribution in [0.1, 0.15) is 11.5 Å². The van der Waals surface area contributed by atoms with E-state index in [-0.39, 0.29) is 0 Å². The fraction of sp³-hybridized carbons (Fsp3) is 0.385. The lowest BCUT2D eigenvalue weighted by Crippen LogP contribution is -2.28. The molecule has 0 bridgehead atoms. The molecule has 2 aromatic heterocycles. The van der Waals surface area contributed by atoms with Crippen molar-refractivity contribution in [1.29, 1.82) is 0 Å². The lowest BCUT2D eigenvalue weighted by Gasteiger charge is -2.20. The third kappa shape index (κ3) is 4.04. The lowest BCUT2D eigenvalue weighted by atomic mass is 10.4. The summed E-state index contributed by atoms with van der Waals surface area (Å²) in [6.07, 6.45) is 3.46. The Morgan fingerprint density at radius 2 is 2.05 bits per heavy atom. The molecule has 102 valence electrons. The number of aromatic nitrogens is 2. The van der Waals surface area contributed by atoms with E-state index in [1.165, 1.54) is 0 Å². The number of ether oxygens (including phenoxy) is 1. The Hall–Kier alpha value is -1.40. The van der Waals surface area contributed by atoms with Crippen molar-refractivity contribution in [3.05, 3.63) is 40.5 Å². The van der Waals surface area contributed by atoms with Crippen LogP contribution in [0.5, 0.6) is 0 Å². The molecule has 19 heavy (non-hydrogen) atoms. The highest BCUT2D eigenvalue weighted by Gasteiger charge is 2.12. The van der Waals surface area contributed by atoms with E-state index < -0.39 is 0 Å². The first-order valence-corrected chi connectivity index (χ1v) is 6.75. The number of rotatable bonds is 6. The average Bonchev–Trinajstić information content (AvgIpc) is 2.81. The molecule has 0 fully saturated rings. The van der Waals surface area contributed by atoms with Crippen molar-refractivity contribution in [3.63, 3.8) is 0 Å². The highest BCUT2D eigenvalue weighted by atomic mass is 79.9. The van der Waals surface area contributed by atoms with Crippen LogP contribution in [0, 0.1) is 6.92 Å². The molecule has 0 amide bonds. The third-order valence-corrected chi connectivity index (χ3v) is 3.01. The normalized spacial score (nSPS) is 10.7. The predicted octanol–water partition coefficient (Wildman–Crippen LogP) is 2.79. The summed E-state index contributed by atoms with van der Waals surface area (Å²) in [5.41, 5.74) is 0. The zero-order valence-electron chi connectivity index (χ0n) is 11.0. The number of hydrogen-bond donors (Lipinski definition) is 0. The molecule has 2 aromatic rings. The number of halogens is 1. The Morgan fingerprint density at radius 1 is 1.32 bits per heavy atom. The molecule has 0 saturated carbocycles. The van der Waals surface area contributed by atoms with Crippen LogP contribution < -0.4 is 4.90 Å². The van der Waals surface area contributed by atoms with Gasteiger partial charge in [-0.05, 0) is 35.0 Å². The molecule has 2 heterocycles. The fourth-order valence-electron chi connectivity index (χ4n) is 1.68. The van der Waals surface area contributed by atoms with Gasteiger partial charge in [-0.25, -0.2) is 9.97 Å². The van der Waals surface area contributed by atoms with Gasteiger partial charge in [-0.1, -0.05) is 0 Å². The van der Waals surface area contributed by atoms with Gasteiger partial charge in [-0.15, -0.1) is 0 Å². The summed E-state index contributed by atoms with van der Waals surface area (Å²) in [4.78, 5) is 10.6. The first-order chi connectivity index (χ1) is 9.19. The summed E-state index contributed by atoms with van der Waals surface area (Å²) in [5, 5.41) is 0. The Labute approximate surface area is 120 Å². The third-order valence-electron chi connectivity index (χ3n) is 2.60. The lowest BCUT2D eigenvalue weighted by molar-refractivity contribution is 0.204. The maximum Gasteiger partial charge on any atom is 0.225 e. The van der Waals surface area contributed by atoms with Crippen molar-refractivity contribution in [2.45, 2.75) is 13.5 Å². The van der Waals surface area contributed by atoms with Crippen LogP contribution in [0.2, 0.25) is 0 Å². The molecule has 0 saturated heterocycles. The second-order valence-corrected chi connectivity index (χ2v) is 5.04. The van der Waals surface area contributed by atoms with Gasteiger partial charge in [0, 0.05) is 26.0 Å². The van der Waals surface area contributed by atoms with Crippen LogP contribution >= 0.6 is 15.9 Å². The van der Waals surface area contributed by atoms with E-state index >= 15 is 0 Å². The molecule has 2 rings (SSSR count). The maximum absolute atomic E-state index is 5.59. The van der Waals surface area contributed by atoms with E-state index in [0.717, 1.165) is 16.0 Å². The van der Waals surface area contributed by atoms with Crippen LogP contribution in [0.4, 0.5) is 5.95 Å². The van der Waals surface area contributed by atoms with Crippen LogP contribution in [-0.4, -0.2) is 30.2 Å². The molecule has 6 heteroatoms. The molecule has 0 N–H and O–H groups in total. The molecular weight excluding hydrogens is 310 g/mol. The number of furan rings is 1. The number of nitrogens with zero attached hydrogens (tertiary/aromatic N) is 3. The van der Waals surface area contributed by atoms with Crippen molar-refractivity contribution in [1.82, 2.24) is 9.97 Å². The van der Waals surface area contributed by atoms with E-state index in [1.54, 1.807) is 19.5 Å². The molecule has 0 aliphatic carbocycles. The number of hydrogen-bond acceptors (Lipinski definition) is 5. The Kier molecular flexibility index (Phi) is 4.93. The van der Waals surface area contributed by atoms with Gasteiger partial charge in [0.1, 0.15) is 11.5 Å². The first-order valence-electron chi connectivity index (χ1n) is 5.96. The largest absolute Gasteiger partial charge is 0.464 e. The van der Waals surface area contributed by atoms with Crippen molar-refractivity contribution in [2.75, 3.05) is 25.2 Å². The maximum atomic E-state index is 5.59. The van der Waals surface area contributed by atoms with Crippen LogP contribution in [0.15, 0.2) is 33.4 Å². The molecule has 0 aliphatic heterocycles. The molecule has 0 aromatic carbocycles. The molecule has 0 atom stereocenters. The summed E-state index contributed by atoms with van der Waals surface area (Å²) in [5.74, 6) is 2.45. The second-order valence-electron chi connectivity index (χ2n) is 4.13. The summed E-state index contributed by atoms with van der Waals surface area (Å²) in [6.45, 7) is 3.87. The van der Waals surface area contributed by atoms with Crippen molar-refractivity contribution < 1.29 is 9.15 Å². The smallest absolute Gasteiger partial charge is 0.225 e. The minimum atomic E-state index is 0.610. The highest BCUT2D eigenvalue weighted by Crippen LogP contribution is 2.15. The van der Waals surface area contributed by atoms with Gasteiger partial charge in [0.05, 0.1) is 17.6 Å². The number of aryl methyl sites for hydroxylation is 1. The molecule has 0 aliphatic rings. The van der Waals surface area contributed by atoms with E-state index in [9.17, 15) is 0 Å². The summed E-state index contributed by atoms with van der Waals surface area (Å²) < 4.78 is 11.6. The fourth-order valence-corrected chi connectivity index (χ4v) is 1.88. The quantitative estimate of drug-likeness (QED) is 0.817. The monoisotopic (exact) mass is 325 g/mol. The molecular formula is C13H16BrN3O2. The van der Waals surface area contributed by atoms with Gasteiger partial charge in [0.15, 0.2) is 0 Å². The van der Waals surface area contributed by atoms with Gasteiger partial charge in [0.2, 0.25) is 5.95 Å². The topological polar surface area (TPSA) is 51.4 Å². The van der Waals surface area contributed by atoms with Gasteiger partial charge < -0.3 is 14.1 Å². The zero-order chi connectivity index (χ0) is 13.7. The van der Waals surface area contributed by atoms with Crippen LogP contribution in [-0.2, 0) is 11.3 Å². The number of methoxy groups -OCH3 is 1. The molecule has 0 spiro atoms. The van der Waals surface area contributed by atoms with E-state index in [2.05, 4.69) is 25.9 Å². The summed E-state index contributed by atoms with van der Waals surface area (Å²) in [6, 6.07) is 3.92. The Balaban J connectivity index is 2.13. The van der Waals surface area contributed by atoms with Crippen molar-refractivity contribution in [3.8, 4) is 0 Å². The van der Waals surface area contributed by atoms with Crippen molar-refractivity contribution in [2.24, 2.45) is 0 Å². The van der Waals surface area contributed by atoms with Crippen molar-refractivity contribution >= 4 is 21.9 Å². The second kappa shape index (κ2) is 6.68. The van der Waals surface area contributed by atoms with Gasteiger partial charge >= 0.3 is 0 Å². The Morgan fingerprint density at radius 3 is 2.63 bits per heavy atom. The average molecular weight is 326 g/mol. The first kappa shape index (κ1) is 14.0. The van der Waals surface area contributed by atoms with Gasteiger partial charge in [0.25, 0.3) is 0 Å². The molecule has 0 unspecified atom stereocenters. The standard InChI is InChI=1S/C13H16BrN3O2/c1-10-3-4-12(19-10)9-17(5-6-18-2)13-15-7-11(14)8-16-13/h3-4,7-8H,5-6,9H2,1-2H3. The summed E-state index contributed by atoms with van der Waals surface area (Å²) >= 11 is 3.33. The van der Waals surface area contributed by atoms with Gasteiger partial charge in [-0.3, -0.25) is 0 Å². The zero-order valence-corrected chi connectivity index (χ0v) is 12.6. The SMILES string of the molecule is COCCN(Cc1ccc(C)o1)c1ncc(Br)cn1.